The molecule has 0 radical (unpaired) electrons. The Kier molecular flexibility index (Phi) is 3.36. The number of rotatable bonds is 1. The molecular weight excluding hydrogens is 296 g/mol. The van der Waals surface area contributed by atoms with Crippen LogP contribution >= 0.6 is 0 Å². The minimum absolute atomic E-state index is 0.265. The van der Waals surface area contributed by atoms with Gasteiger partial charge >= 0.3 is 11.9 Å². The summed E-state index contributed by atoms with van der Waals surface area (Å²) in [5.41, 5.74) is -4.51. The largest absolute Gasteiger partial charge is 0.494 e. The van der Waals surface area contributed by atoms with E-state index in [0.29, 0.717) is 18.2 Å². The average Bonchev–Trinajstić information content (AvgIpc) is 2.37. The first kappa shape index (κ1) is 14.8. The van der Waals surface area contributed by atoms with E-state index in [4.69, 9.17) is 0 Å². The molecule has 112 valence electrons. The van der Waals surface area contributed by atoms with Crippen LogP contribution in [0, 0.1) is 12.7 Å². The molecule has 0 spiro atoms. The summed E-state index contributed by atoms with van der Waals surface area (Å²) in [6.45, 7) is 1.13. The highest BCUT2D eigenvalue weighted by Crippen LogP contribution is 2.31. The van der Waals surface area contributed by atoms with Gasteiger partial charge in [0.15, 0.2) is 0 Å². The van der Waals surface area contributed by atoms with Gasteiger partial charge in [-0.3, -0.25) is 9.78 Å². The number of alkyl halides is 3. The standard InChI is InChI=1S/C12H8F4N2O3/c1-5-9(19)17-11(21)18(10(5)20)8-4-6(12(14,15)16)2-3-7(8)13/h2-4,20H,1H3,(H,17,19,21). The predicted molar refractivity (Wildman–Crippen MR) is 64.0 cm³/mol. The number of halogens is 4. The van der Waals surface area contributed by atoms with E-state index in [1.54, 1.807) is 4.98 Å². The molecular formula is C12H8F4N2O3. The van der Waals surface area contributed by atoms with E-state index in [-0.39, 0.29) is 10.1 Å². The minimum Gasteiger partial charge on any atom is -0.494 e. The van der Waals surface area contributed by atoms with Crippen LogP contribution in [0.2, 0.25) is 0 Å². The van der Waals surface area contributed by atoms with Gasteiger partial charge in [-0.2, -0.15) is 13.2 Å². The molecule has 2 N–H and O–H groups in total. The van der Waals surface area contributed by atoms with E-state index < -0.39 is 40.4 Å². The Balaban J connectivity index is 2.83. The van der Waals surface area contributed by atoms with E-state index in [0.717, 1.165) is 6.92 Å². The summed E-state index contributed by atoms with van der Waals surface area (Å²) in [5.74, 6) is -2.09. The summed E-state index contributed by atoms with van der Waals surface area (Å²) in [4.78, 5) is 24.7. The van der Waals surface area contributed by atoms with Crippen molar-refractivity contribution < 1.29 is 22.7 Å². The maximum Gasteiger partial charge on any atom is 0.416 e. The fourth-order valence-electron chi connectivity index (χ4n) is 1.70. The lowest BCUT2D eigenvalue weighted by atomic mass is 10.2. The molecule has 0 bridgehead atoms. The molecule has 0 unspecified atom stereocenters. The smallest absolute Gasteiger partial charge is 0.416 e. The Bertz CT molecular complexity index is 821. The van der Waals surface area contributed by atoms with Gasteiger partial charge < -0.3 is 5.11 Å². The second-order valence-corrected chi connectivity index (χ2v) is 4.21. The van der Waals surface area contributed by atoms with Crippen LogP contribution < -0.4 is 11.2 Å². The first-order valence-electron chi connectivity index (χ1n) is 5.55. The van der Waals surface area contributed by atoms with Gasteiger partial charge in [-0.25, -0.2) is 13.8 Å². The highest BCUT2D eigenvalue weighted by Gasteiger charge is 2.31. The second-order valence-electron chi connectivity index (χ2n) is 4.21. The van der Waals surface area contributed by atoms with Crippen LogP contribution in [0.15, 0.2) is 27.8 Å². The minimum atomic E-state index is -4.75. The maximum atomic E-state index is 13.7. The molecule has 9 heteroatoms. The van der Waals surface area contributed by atoms with Crippen LogP contribution in [0.5, 0.6) is 5.88 Å². The summed E-state index contributed by atoms with van der Waals surface area (Å²) in [6, 6.07) is 1.39. The van der Waals surface area contributed by atoms with E-state index in [1.807, 2.05) is 0 Å². The Labute approximate surface area is 114 Å². The Morgan fingerprint density at radius 3 is 2.43 bits per heavy atom. The van der Waals surface area contributed by atoms with Crippen LogP contribution in [-0.4, -0.2) is 14.7 Å². The number of aromatic nitrogens is 2. The maximum absolute atomic E-state index is 13.7. The first-order chi connectivity index (χ1) is 9.62. The molecule has 2 rings (SSSR count). The van der Waals surface area contributed by atoms with Crippen LogP contribution in [0.3, 0.4) is 0 Å². The Morgan fingerprint density at radius 1 is 1.24 bits per heavy atom. The normalized spacial score (nSPS) is 11.7. The fourth-order valence-corrected chi connectivity index (χ4v) is 1.70. The molecule has 1 aromatic carbocycles. The lowest BCUT2D eigenvalue weighted by Gasteiger charge is -2.13. The van der Waals surface area contributed by atoms with Crippen LogP contribution in [-0.2, 0) is 6.18 Å². The molecule has 0 aliphatic heterocycles. The molecule has 0 saturated carbocycles. The summed E-state index contributed by atoms with van der Waals surface area (Å²) in [5, 5.41) is 9.73. The van der Waals surface area contributed by atoms with E-state index in [2.05, 4.69) is 0 Å². The number of hydrogen-bond acceptors (Lipinski definition) is 3. The number of aromatic hydroxyl groups is 1. The van der Waals surface area contributed by atoms with E-state index in [9.17, 15) is 32.3 Å². The SMILES string of the molecule is Cc1c(O)n(-c2cc(C(F)(F)F)ccc2F)c(=O)[nH]c1=O. The molecule has 0 saturated heterocycles. The molecule has 0 aliphatic rings. The van der Waals surface area contributed by atoms with Crippen LogP contribution in [0.25, 0.3) is 5.69 Å². The molecule has 0 amide bonds. The van der Waals surface area contributed by atoms with Gasteiger partial charge in [0.2, 0.25) is 5.88 Å². The van der Waals surface area contributed by atoms with Gasteiger partial charge in [-0.05, 0) is 25.1 Å². The molecule has 0 fully saturated rings. The van der Waals surface area contributed by atoms with Gasteiger partial charge in [0.1, 0.15) is 5.82 Å². The highest BCUT2D eigenvalue weighted by molar-refractivity contribution is 5.42. The third kappa shape index (κ3) is 2.54. The number of hydrogen-bond donors (Lipinski definition) is 2. The molecule has 21 heavy (non-hydrogen) atoms. The van der Waals surface area contributed by atoms with Crippen molar-refractivity contribution in [3.8, 4) is 11.6 Å². The second kappa shape index (κ2) is 4.76. The number of aromatic amines is 1. The average molecular weight is 304 g/mol. The van der Waals surface area contributed by atoms with Crippen molar-refractivity contribution in [3.63, 3.8) is 0 Å². The zero-order valence-corrected chi connectivity index (χ0v) is 10.5. The summed E-state index contributed by atoms with van der Waals surface area (Å²) in [7, 11) is 0. The molecule has 0 aliphatic carbocycles. The van der Waals surface area contributed by atoms with Crippen molar-refractivity contribution in [2.75, 3.05) is 0 Å². The molecule has 0 atom stereocenters. The van der Waals surface area contributed by atoms with E-state index >= 15 is 0 Å². The number of nitrogens with one attached hydrogen (secondary N) is 1. The topological polar surface area (TPSA) is 75.1 Å². The van der Waals surface area contributed by atoms with Crippen molar-refractivity contribution in [1.29, 1.82) is 0 Å². The number of nitrogens with zero attached hydrogens (tertiary/aromatic N) is 1. The third-order valence-electron chi connectivity index (χ3n) is 2.83. The third-order valence-corrected chi connectivity index (χ3v) is 2.83. The predicted octanol–water partition coefficient (Wildman–Crippen LogP) is 1.70. The van der Waals surface area contributed by atoms with Crippen molar-refractivity contribution in [3.05, 3.63) is 56.0 Å². The lowest BCUT2D eigenvalue weighted by molar-refractivity contribution is -0.137. The van der Waals surface area contributed by atoms with Gasteiger partial charge in [0.05, 0.1) is 16.8 Å². The highest BCUT2D eigenvalue weighted by atomic mass is 19.4. The summed E-state index contributed by atoms with van der Waals surface area (Å²) >= 11 is 0. The van der Waals surface area contributed by atoms with Gasteiger partial charge in [-0.15, -0.1) is 0 Å². The molecule has 1 aromatic heterocycles. The zero-order valence-electron chi connectivity index (χ0n) is 10.5. The van der Waals surface area contributed by atoms with Crippen molar-refractivity contribution >= 4 is 0 Å². The molecule has 2 aromatic rings. The van der Waals surface area contributed by atoms with Gasteiger partial charge in [0, 0.05) is 0 Å². The van der Waals surface area contributed by atoms with Crippen molar-refractivity contribution in [2.24, 2.45) is 0 Å². The first-order valence-corrected chi connectivity index (χ1v) is 5.55. The number of H-pyrrole nitrogens is 1. The lowest BCUT2D eigenvalue weighted by Crippen LogP contribution is -2.31. The zero-order chi connectivity index (χ0) is 15.9. The van der Waals surface area contributed by atoms with Crippen LogP contribution in [0.1, 0.15) is 11.1 Å². The summed E-state index contributed by atoms with van der Waals surface area (Å²) < 4.78 is 51.9. The summed E-state index contributed by atoms with van der Waals surface area (Å²) in [6.07, 6.45) is -4.75. The quantitative estimate of drug-likeness (QED) is 0.787. The molecule has 5 nitrogen and oxygen atoms in total. The van der Waals surface area contributed by atoms with E-state index in [1.165, 1.54) is 0 Å². The Morgan fingerprint density at radius 2 is 1.86 bits per heavy atom. The monoisotopic (exact) mass is 304 g/mol. The van der Waals surface area contributed by atoms with Crippen molar-refractivity contribution in [1.82, 2.24) is 9.55 Å². The van der Waals surface area contributed by atoms with Gasteiger partial charge in [-0.1, -0.05) is 0 Å². The Hall–Kier alpha value is -2.58. The van der Waals surface area contributed by atoms with Crippen molar-refractivity contribution in [2.45, 2.75) is 13.1 Å². The van der Waals surface area contributed by atoms with Gasteiger partial charge in [0.25, 0.3) is 5.56 Å². The fraction of sp³-hybridized carbons (Fsp3) is 0.167. The number of benzene rings is 1. The molecule has 1 heterocycles. The van der Waals surface area contributed by atoms with Crippen LogP contribution in [0.4, 0.5) is 17.6 Å².